The monoisotopic (exact) mass is 294 g/mol. The van der Waals surface area contributed by atoms with Crippen molar-refractivity contribution in [2.24, 2.45) is 0 Å². The molecule has 2 aliphatic rings. The Morgan fingerprint density at radius 2 is 2.00 bits per heavy atom. The van der Waals surface area contributed by atoms with E-state index < -0.39 is 0 Å². The van der Waals surface area contributed by atoms with Gasteiger partial charge in [-0.1, -0.05) is 48.5 Å². The molecule has 0 aliphatic carbocycles. The number of fused-ring (bicyclic) bond motifs is 1. The van der Waals surface area contributed by atoms with Crippen LogP contribution in [-0.2, 0) is 17.7 Å². The Bertz CT molecular complexity index is 641. The van der Waals surface area contributed by atoms with Crippen molar-refractivity contribution in [2.45, 2.75) is 19.0 Å². The minimum absolute atomic E-state index is 0.354. The first-order valence-corrected chi connectivity index (χ1v) is 8.13. The van der Waals surface area contributed by atoms with Crippen molar-refractivity contribution in [3.63, 3.8) is 0 Å². The molecule has 2 aliphatic heterocycles. The summed E-state index contributed by atoms with van der Waals surface area (Å²) in [6.07, 6.45) is 1.15. The predicted molar refractivity (Wildman–Crippen MR) is 89.0 cm³/mol. The maximum absolute atomic E-state index is 5.74. The number of rotatable bonds is 3. The molecule has 3 heteroatoms. The number of morpholine rings is 1. The topological polar surface area (TPSA) is 24.5 Å². The largest absolute Gasteiger partial charge is 0.384 e. The fourth-order valence-corrected chi connectivity index (χ4v) is 3.57. The van der Waals surface area contributed by atoms with Crippen molar-refractivity contribution < 1.29 is 4.74 Å². The third kappa shape index (κ3) is 2.62. The zero-order chi connectivity index (χ0) is 14.8. The zero-order valence-corrected chi connectivity index (χ0v) is 12.8. The van der Waals surface area contributed by atoms with Gasteiger partial charge in [-0.15, -0.1) is 0 Å². The molecule has 2 heterocycles. The highest BCUT2D eigenvalue weighted by Gasteiger charge is 2.26. The Hall–Kier alpha value is -1.84. The Balaban J connectivity index is 1.59. The van der Waals surface area contributed by atoms with E-state index in [4.69, 9.17) is 4.74 Å². The second-order valence-electron chi connectivity index (χ2n) is 6.10. The van der Waals surface area contributed by atoms with Gasteiger partial charge in [0.2, 0.25) is 0 Å². The van der Waals surface area contributed by atoms with Crippen LogP contribution in [0.2, 0.25) is 0 Å². The first kappa shape index (κ1) is 13.8. The molecule has 2 aromatic carbocycles. The van der Waals surface area contributed by atoms with E-state index in [1.807, 2.05) is 0 Å². The van der Waals surface area contributed by atoms with Crippen molar-refractivity contribution in [1.29, 1.82) is 0 Å². The van der Waals surface area contributed by atoms with Gasteiger partial charge in [0, 0.05) is 25.3 Å². The Kier molecular flexibility index (Phi) is 3.83. The van der Waals surface area contributed by atoms with Crippen LogP contribution >= 0.6 is 0 Å². The van der Waals surface area contributed by atoms with Crippen molar-refractivity contribution in [1.82, 2.24) is 4.90 Å². The maximum Gasteiger partial charge on any atom is 0.0664 e. The van der Waals surface area contributed by atoms with Crippen LogP contribution in [0.15, 0.2) is 48.5 Å². The van der Waals surface area contributed by atoms with Gasteiger partial charge in [0.1, 0.15) is 0 Å². The van der Waals surface area contributed by atoms with E-state index in [2.05, 4.69) is 58.7 Å². The number of hydrogen-bond donors (Lipinski definition) is 1. The lowest BCUT2D eigenvalue weighted by Crippen LogP contribution is -2.39. The second-order valence-corrected chi connectivity index (χ2v) is 6.10. The molecule has 2 aromatic rings. The molecular weight excluding hydrogens is 272 g/mol. The molecule has 1 N–H and O–H groups in total. The number of para-hydroxylation sites is 1. The third-order valence-corrected chi connectivity index (χ3v) is 4.73. The molecule has 1 unspecified atom stereocenters. The molecule has 0 bridgehead atoms. The van der Waals surface area contributed by atoms with Crippen molar-refractivity contribution >= 4 is 5.69 Å². The molecular formula is C19H22N2O. The van der Waals surface area contributed by atoms with E-state index in [0.29, 0.717) is 6.04 Å². The second kappa shape index (κ2) is 6.11. The standard InChI is InChI=1S/C19H22N2O/c1-2-5-15(6-3-1)18-14-22-12-11-21(18)13-17-8-4-7-16-9-10-20-19(16)17/h1-8,18,20H,9-14H2. The number of hydrogen-bond acceptors (Lipinski definition) is 3. The minimum Gasteiger partial charge on any atom is -0.384 e. The van der Waals surface area contributed by atoms with E-state index in [9.17, 15) is 0 Å². The normalized spacial score (nSPS) is 21.4. The van der Waals surface area contributed by atoms with Crippen LogP contribution in [0.25, 0.3) is 0 Å². The Labute approximate surface area is 131 Å². The zero-order valence-electron chi connectivity index (χ0n) is 12.8. The molecule has 114 valence electrons. The molecule has 1 saturated heterocycles. The Morgan fingerprint density at radius 1 is 1.09 bits per heavy atom. The summed E-state index contributed by atoms with van der Waals surface area (Å²) in [5.74, 6) is 0. The summed E-state index contributed by atoms with van der Waals surface area (Å²) in [7, 11) is 0. The number of nitrogens with zero attached hydrogens (tertiary/aromatic N) is 1. The van der Waals surface area contributed by atoms with Gasteiger partial charge in [-0.3, -0.25) is 4.90 Å². The van der Waals surface area contributed by atoms with Crippen molar-refractivity contribution in [3.8, 4) is 0 Å². The van der Waals surface area contributed by atoms with Gasteiger partial charge in [0.15, 0.2) is 0 Å². The van der Waals surface area contributed by atoms with Crippen LogP contribution in [0.1, 0.15) is 22.7 Å². The fraction of sp³-hybridized carbons (Fsp3) is 0.368. The molecule has 3 nitrogen and oxygen atoms in total. The number of benzene rings is 2. The first-order chi connectivity index (χ1) is 10.9. The van der Waals surface area contributed by atoms with E-state index >= 15 is 0 Å². The van der Waals surface area contributed by atoms with Crippen LogP contribution in [0.3, 0.4) is 0 Å². The predicted octanol–water partition coefficient (Wildman–Crippen LogP) is 3.23. The summed E-state index contributed by atoms with van der Waals surface area (Å²) >= 11 is 0. The van der Waals surface area contributed by atoms with Gasteiger partial charge >= 0.3 is 0 Å². The fourth-order valence-electron chi connectivity index (χ4n) is 3.57. The van der Waals surface area contributed by atoms with Crippen LogP contribution in [0, 0.1) is 0 Å². The molecule has 1 fully saturated rings. The molecule has 1 atom stereocenters. The lowest BCUT2D eigenvalue weighted by atomic mass is 10.0. The van der Waals surface area contributed by atoms with Crippen LogP contribution in [0.4, 0.5) is 5.69 Å². The SMILES string of the molecule is c1ccc(C2COCCN2Cc2cccc3c2NCC3)cc1. The number of anilines is 1. The summed E-state index contributed by atoms with van der Waals surface area (Å²) in [6.45, 7) is 4.65. The summed E-state index contributed by atoms with van der Waals surface area (Å²) in [4.78, 5) is 2.55. The highest BCUT2D eigenvalue weighted by molar-refractivity contribution is 5.61. The highest BCUT2D eigenvalue weighted by Crippen LogP contribution is 2.31. The van der Waals surface area contributed by atoms with Gasteiger partial charge < -0.3 is 10.1 Å². The molecule has 0 amide bonds. The van der Waals surface area contributed by atoms with Gasteiger partial charge in [-0.05, 0) is 23.1 Å². The molecule has 22 heavy (non-hydrogen) atoms. The minimum atomic E-state index is 0.354. The summed E-state index contributed by atoms with van der Waals surface area (Å²) in [6, 6.07) is 17.8. The number of ether oxygens (including phenoxy) is 1. The maximum atomic E-state index is 5.74. The smallest absolute Gasteiger partial charge is 0.0664 e. The van der Waals surface area contributed by atoms with Gasteiger partial charge in [0.25, 0.3) is 0 Å². The van der Waals surface area contributed by atoms with Crippen molar-refractivity contribution in [3.05, 3.63) is 65.2 Å². The quantitative estimate of drug-likeness (QED) is 0.940. The Morgan fingerprint density at radius 3 is 2.91 bits per heavy atom. The van der Waals surface area contributed by atoms with Gasteiger partial charge in [-0.2, -0.15) is 0 Å². The average molecular weight is 294 g/mol. The summed E-state index contributed by atoms with van der Waals surface area (Å²) in [5, 5.41) is 3.55. The molecule has 0 radical (unpaired) electrons. The van der Waals surface area contributed by atoms with Crippen LogP contribution in [-0.4, -0.2) is 31.2 Å². The molecule has 0 saturated carbocycles. The van der Waals surface area contributed by atoms with Crippen LogP contribution < -0.4 is 5.32 Å². The van der Waals surface area contributed by atoms with E-state index in [0.717, 1.165) is 39.3 Å². The van der Waals surface area contributed by atoms with Gasteiger partial charge in [-0.25, -0.2) is 0 Å². The lowest BCUT2D eigenvalue weighted by molar-refractivity contribution is -0.0126. The van der Waals surface area contributed by atoms with E-state index in [1.54, 1.807) is 0 Å². The van der Waals surface area contributed by atoms with Crippen molar-refractivity contribution in [2.75, 3.05) is 31.6 Å². The van der Waals surface area contributed by atoms with Crippen LogP contribution in [0.5, 0.6) is 0 Å². The lowest BCUT2D eigenvalue weighted by Gasteiger charge is -2.36. The summed E-state index contributed by atoms with van der Waals surface area (Å²) in [5.41, 5.74) is 5.59. The third-order valence-electron chi connectivity index (χ3n) is 4.73. The molecule has 0 aromatic heterocycles. The number of nitrogens with one attached hydrogen (secondary N) is 1. The molecule has 0 spiro atoms. The average Bonchev–Trinajstić information content (AvgIpc) is 3.06. The first-order valence-electron chi connectivity index (χ1n) is 8.13. The van der Waals surface area contributed by atoms with E-state index in [1.165, 1.54) is 22.4 Å². The molecule has 4 rings (SSSR count). The highest BCUT2D eigenvalue weighted by atomic mass is 16.5. The summed E-state index contributed by atoms with van der Waals surface area (Å²) < 4.78 is 5.74. The van der Waals surface area contributed by atoms with E-state index in [-0.39, 0.29) is 0 Å². The van der Waals surface area contributed by atoms with Gasteiger partial charge in [0.05, 0.1) is 19.3 Å².